The Bertz CT molecular complexity index is 1360. The van der Waals surface area contributed by atoms with Crippen molar-refractivity contribution in [2.24, 2.45) is 0 Å². The van der Waals surface area contributed by atoms with Crippen molar-refractivity contribution in [3.8, 4) is 6.07 Å². The van der Waals surface area contributed by atoms with Gasteiger partial charge in [-0.3, -0.25) is 9.36 Å². The molecule has 2 aromatic heterocycles. The first-order valence-electron chi connectivity index (χ1n) is 9.39. The fraction of sp³-hybridized carbons (Fsp3) is 0.174. The molecule has 0 fully saturated rings. The van der Waals surface area contributed by atoms with E-state index in [-0.39, 0.29) is 17.7 Å². The third-order valence-corrected chi connectivity index (χ3v) is 5.71. The zero-order valence-electron chi connectivity index (χ0n) is 16.8. The number of nitrogens with zero attached hydrogens (tertiary/aromatic N) is 2. The number of fused-ring (bicyclic) bond motifs is 1. The third-order valence-electron chi connectivity index (χ3n) is 4.57. The minimum atomic E-state index is -0.767. The quantitative estimate of drug-likeness (QED) is 0.491. The molecule has 152 valence electrons. The maximum atomic E-state index is 12.7. The Morgan fingerprint density at radius 1 is 1.43 bits per heavy atom. The van der Waals surface area contributed by atoms with Gasteiger partial charge in [0.05, 0.1) is 4.53 Å². The number of H-pyrrole nitrogens is 1. The molecule has 3 aromatic rings. The molecule has 1 N–H and O–H groups in total. The summed E-state index contributed by atoms with van der Waals surface area (Å²) in [7, 11) is 0. The summed E-state index contributed by atoms with van der Waals surface area (Å²) in [6.45, 7) is 7.65. The van der Waals surface area contributed by atoms with Crippen LogP contribution in [0.15, 0.2) is 47.9 Å². The highest BCUT2D eigenvalue weighted by molar-refractivity contribution is 7.07. The molecule has 0 spiro atoms. The lowest BCUT2D eigenvalue weighted by Gasteiger charge is -2.00. The summed E-state index contributed by atoms with van der Waals surface area (Å²) in [5.41, 5.74) is 2.82. The summed E-state index contributed by atoms with van der Waals surface area (Å²) >= 11 is 1.10. The van der Waals surface area contributed by atoms with Crippen LogP contribution in [0.1, 0.15) is 18.1 Å². The van der Waals surface area contributed by atoms with Gasteiger partial charge in [-0.2, -0.15) is 5.26 Å². The van der Waals surface area contributed by atoms with Crippen LogP contribution in [-0.2, 0) is 16.1 Å². The Balaban J connectivity index is 2.06. The third kappa shape index (κ3) is 4.04. The van der Waals surface area contributed by atoms with Crippen molar-refractivity contribution in [1.82, 2.24) is 9.55 Å². The first-order chi connectivity index (χ1) is 14.5. The Labute approximate surface area is 177 Å². The van der Waals surface area contributed by atoms with Gasteiger partial charge in [-0.25, -0.2) is 4.79 Å². The molecule has 0 unspecified atom stereocenters. The van der Waals surface area contributed by atoms with E-state index in [0.29, 0.717) is 15.7 Å². The molecule has 0 amide bonds. The fourth-order valence-corrected chi connectivity index (χ4v) is 4.20. The Hall–Kier alpha value is -3.63. The summed E-state index contributed by atoms with van der Waals surface area (Å²) in [5.74, 6) is -0.767. The average molecular weight is 420 g/mol. The topological polar surface area (TPSA) is 87.9 Å². The van der Waals surface area contributed by atoms with Crippen LogP contribution in [0.3, 0.4) is 0 Å². The number of para-hydroxylation sites is 1. The van der Waals surface area contributed by atoms with Gasteiger partial charge in [0.25, 0.3) is 5.56 Å². The van der Waals surface area contributed by atoms with Gasteiger partial charge >= 0.3 is 5.97 Å². The van der Waals surface area contributed by atoms with E-state index < -0.39 is 5.97 Å². The molecule has 0 aliphatic rings. The van der Waals surface area contributed by atoms with E-state index in [2.05, 4.69) is 11.6 Å². The number of rotatable bonds is 6. The number of thiazole rings is 1. The summed E-state index contributed by atoms with van der Waals surface area (Å²) in [5, 5.41) is 10.5. The second-order valence-electron chi connectivity index (χ2n) is 6.46. The van der Waals surface area contributed by atoms with E-state index >= 15 is 0 Å². The smallest absolute Gasteiger partial charge is 0.352 e. The van der Waals surface area contributed by atoms with Crippen LogP contribution in [0.2, 0.25) is 0 Å². The number of esters is 1. The summed E-state index contributed by atoms with van der Waals surface area (Å²) in [4.78, 5) is 28.2. The van der Waals surface area contributed by atoms with E-state index in [1.165, 1.54) is 10.6 Å². The average Bonchev–Trinajstić information content (AvgIpc) is 3.29. The standard InChI is InChI=1S/C23H21N3O3S/c1-4-12-29-23(28)18(13-24)22-26(5-2)21(27)19(30-22)11-7-9-16-14-25-20-15(3)8-6-10-17(16)20/h4,6-11,14,25H,1,5,12H2,2-3H3/b9-7?,19-11?,22-18-. The molecule has 1 aromatic carbocycles. The Morgan fingerprint density at radius 2 is 2.23 bits per heavy atom. The van der Waals surface area contributed by atoms with Crippen LogP contribution >= 0.6 is 11.3 Å². The Kier molecular flexibility index (Phi) is 6.50. The number of hydrogen-bond donors (Lipinski definition) is 1. The van der Waals surface area contributed by atoms with Gasteiger partial charge in [0.1, 0.15) is 17.3 Å². The molecular formula is C23H21N3O3S. The number of ether oxygens (including phenoxy) is 1. The van der Waals surface area contributed by atoms with Crippen LogP contribution in [0, 0.1) is 18.3 Å². The molecule has 2 heterocycles. The van der Waals surface area contributed by atoms with Gasteiger partial charge in [-0.05, 0) is 31.1 Å². The van der Waals surface area contributed by atoms with E-state index in [1.807, 2.05) is 43.5 Å². The molecule has 7 heteroatoms. The van der Waals surface area contributed by atoms with E-state index in [9.17, 15) is 14.9 Å². The maximum Gasteiger partial charge on any atom is 0.352 e. The lowest BCUT2D eigenvalue weighted by Crippen LogP contribution is -2.32. The van der Waals surface area contributed by atoms with Crippen molar-refractivity contribution in [3.05, 3.63) is 73.8 Å². The predicted molar refractivity (Wildman–Crippen MR) is 120 cm³/mol. The minimum absolute atomic E-state index is 0.00242. The lowest BCUT2D eigenvalue weighted by molar-refractivity contribution is -0.135. The molecule has 6 nitrogen and oxygen atoms in total. The van der Waals surface area contributed by atoms with Crippen LogP contribution in [0.4, 0.5) is 0 Å². The zero-order valence-corrected chi connectivity index (χ0v) is 17.6. The number of nitriles is 1. The van der Waals surface area contributed by atoms with Gasteiger partial charge in [0, 0.05) is 23.6 Å². The van der Waals surface area contributed by atoms with Gasteiger partial charge in [0.2, 0.25) is 0 Å². The van der Waals surface area contributed by atoms with Crippen molar-refractivity contribution < 1.29 is 9.53 Å². The van der Waals surface area contributed by atoms with Gasteiger partial charge < -0.3 is 9.72 Å². The van der Waals surface area contributed by atoms with Crippen LogP contribution in [0.5, 0.6) is 0 Å². The number of allylic oxidation sites excluding steroid dienone is 1. The summed E-state index contributed by atoms with van der Waals surface area (Å²) in [6.07, 6.45) is 8.75. The van der Waals surface area contributed by atoms with Gasteiger partial charge in [-0.15, -0.1) is 11.3 Å². The lowest BCUT2D eigenvalue weighted by atomic mass is 10.1. The molecule has 0 bridgehead atoms. The summed E-state index contributed by atoms with van der Waals surface area (Å²) < 4.78 is 7.11. The first-order valence-corrected chi connectivity index (χ1v) is 10.2. The zero-order chi connectivity index (χ0) is 21.7. The molecule has 3 rings (SSSR count). The highest BCUT2D eigenvalue weighted by atomic mass is 32.1. The van der Waals surface area contributed by atoms with Gasteiger partial charge in [-0.1, -0.05) is 43.0 Å². The first kappa shape index (κ1) is 21.1. The largest absolute Gasteiger partial charge is 0.457 e. The fourth-order valence-electron chi connectivity index (χ4n) is 3.10. The number of hydrogen-bond acceptors (Lipinski definition) is 5. The normalized spacial score (nSPS) is 12.9. The highest BCUT2D eigenvalue weighted by Crippen LogP contribution is 2.22. The molecule has 0 aliphatic carbocycles. The van der Waals surface area contributed by atoms with Crippen molar-refractivity contribution >= 4 is 45.9 Å². The number of aryl methyl sites for hydroxylation is 1. The van der Waals surface area contributed by atoms with E-state index in [0.717, 1.165) is 33.4 Å². The van der Waals surface area contributed by atoms with E-state index in [4.69, 9.17) is 4.74 Å². The second kappa shape index (κ2) is 9.25. The maximum absolute atomic E-state index is 12.7. The van der Waals surface area contributed by atoms with Crippen LogP contribution in [-0.4, -0.2) is 22.1 Å². The van der Waals surface area contributed by atoms with Gasteiger partial charge in [0.15, 0.2) is 5.57 Å². The molecule has 0 saturated carbocycles. The molecule has 0 atom stereocenters. The number of aromatic nitrogens is 2. The Morgan fingerprint density at radius 3 is 2.93 bits per heavy atom. The van der Waals surface area contributed by atoms with Crippen molar-refractivity contribution in [1.29, 1.82) is 5.26 Å². The van der Waals surface area contributed by atoms with Crippen molar-refractivity contribution in [2.75, 3.05) is 6.61 Å². The number of benzene rings is 1. The molecule has 0 aliphatic heterocycles. The number of aromatic amines is 1. The van der Waals surface area contributed by atoms with E-state index in [1.54, 1.807) is 19.1 Å². The molecule has 0 saturated heterocycles. The highest BCUT2D eigenvalue weighted by Gasteiger charge is 2.16. The number of carbonyl (C=O) groups is 1. The SMILES string of the molecule is C=CCOC(=O)/C(C#N)=c1\sc(=CC=Cc2c[nH]c3c(C)cccc23)c(=O)n1CC. The molecular weight excluding hydrogens is 398 g/mol. The minimum Gasteiger partial charge on any atom is -0.457 e. The predicted octanol–water partition coefficient (Wildman–Crippen LogP) is 2.62. The molecule has 30 heavy (non-hydrogen) atoms. The monoisotopic (exact) mass is 419 g/mol. The van der Waals surface area contributed by atoms with Crippen LogP contribution < -0.4 is 14.8 Å². The summed E-state index contributed by atoms with van der Waals surface area (Å²) in [6, 6.07) is 7.95. The molecule has 0 radical (unpaired) electrons. The number of carbonyl (C=O) groups excluding carboxylic acids is 1. The number of nitrogens with one attached hydrogen (secondary N) is 1. The van der Waals surface area contributed by atoms with Crippen LogP contribution in [0.25, 0.3) is 28.6 Å². The van der Waals surface area contributed by atoms with Crippen molar-refractivity contribution in [2.45, 2.75) is 20.4 Å². The van der Waals surface area contributed by atoms with Crippen molar-refractivity contribution in [3.63, 3.8) is 0 Å². The second-order valence-corrected chi connectivity index (χ2v) is 7.49.